The Bertz CT molecular complexity index is 1410. The molecule has 0 spiro atoms. The van der Waals surface area contributed by atoms with Crippen LogP contribution in [-0.4, -0.2) is 28.9 Å². The monoisotopic (exact) mass is 446 g/mol. The number of benzene rings is 1. The predicted molar refractivity (Wildman–Crippen MR) is 112 cm³/mol. The molecule has 1 unspecified atom stereocenters. The molecule has 11 heteroatoms. The first kappa shape index (κ1) is 21.6. The van der Waals surface area contributed by atoms with Crippen molar-refractivity contribution in [1.82, 2.24) is 28.9 Å². The van der Waals surface area contributed by atoms with Crippen LogP contribution < -0.4 is 11.2 Å². The maximum absolute atomic E-state index is 12.9. The van der Waals surface area contributed by atoms with E-state index in [-0.39, 0.29) is 23.8 Å². The number of imidazole rings is 1. The van der Waals surface area contributed by atoms with Crippen molar-refractivity contribution in [1.29, 1.82) is 0 Å². The number of fused-ring (bicyclic) bond motifs is 1. The number of rotatable bonds is 5. The van der Waals surface area contributed by atoms with Crippen LogP contribution in [0.1, 0.15) is 37.4 Å². The van der Waals surface area contributed by atoms with Crippen LogP contribution in [0, 0.1) is 0 Å². The van der Waals surface area contributed by atoms with Gasteiger partial charge < -0.3 is 4.98 Å². The van der Waals surface area contributed by atoms with Gasteiger partial charge in [-0.25, -0.2) is 9.78 Å². The highest BCUT2D eigenvalue weighted by atomic mass is 19.4. The van der Waals surface area contributed by atoms with Crippen molar-refractivity contribution in [2.45, 2.75) is 39.0 Å². The number of hydrogen-bond donors (Lipinski definition) is 1. The molecule has 0 aliphatic carbocycles. The van der Waals surface area contributed by atoms with Crippen molar-refractivity contribution in [3.05, 3.63) is 68.6 Å². The Morgan fingerprint density at radius 3 is 2.66 bits per heavy atom. The molecule has 1 N–H and O–H groups in total. The van der Waals surface area contributed by atoms with Crippen LogP contribution in [-0.2, 0) is 19.8 Å². The quantitative estimate of drug-likeness (QED) is 0.509. The van der Waals surface area contributed by atoms with Gasteiger partial charge in [0.25, 0.3) is 5.56 Å². The van der Waals surface area contributed by atoms with Crippen molar-refractivity contribution in [3.63, 3.8) is 0 Å². The standard InChI is InChI=1S/C21H21F3N6O2/c1-4-12(2)30-19(31)16-18(28(3)20(30)32)27-17(26-16)14-9-25-29(11-14)10-13-6-5-7-15(8-13)21(22,23)24/h5-9,11-12H,4,10H2,1-3H3,(H,26,27). The van der Waals surface area contributed by atoms with Gasteiger partial charge in [-0.3, -0.25) is 18.6 Å². The molecule has 0 saturated heterocycles. The zero-order valence-electron chi connectivity index (χ0n) is 17.6. The van der Waals surface area contributed by atoms with E-state index in [4.69, 9.17) is 0 Å². The second kappa shape index (κ2) is 7.81. The first-order chi connectivity index (χ1) is 15.1. The molecule has 1 atom stereocenters. The van der Waals surface area contributed by atoms with E-state index in [2.05, 4.69) is 15.1 Å². The highest BCUT2D eigenvalue weighted by Gasteiger charge is 2.30. The largest absolute Gasteiger partial charge is 0.416 e. The van der Waals surface area contributed by atoms with Crippen molar-refractivity contribution in [3.8, 4) is 11.4 Å². The Kier molecular flexibility index (Phi) is 5.27. The first-order valence-electron chi connectivity index (χ1n) is 10.00. The molecule has 8 nitrogen and oxygen atoms in total. The van der Waals surface area contributed by atoms with Gasteiger partial charge in [-0.05, 0) is 31.0 Å². The molecule has 0 fully saturated rings. The van der Waals surface area contributed by atoms with E-state index in [1.54, 1.807) is 26.2 Å². The third-order valence-corrected chi connectivity index (χ3v) is 5.47. The smallest absolute Gasteiger partial charge is 0.332 e. The number of aromatic amines is 1. The van der Waals surface area contributed by atoms with E-state index >= 15 is 0 Å². The summed E-state index contributed by atoms with van der Waals surface area (Å²) in [5.41, 5.74) is -0.220. The molecule has 168 valence electrons. The molecule has 3 aromatic heterocycles. The second-order valence-electron chi connectivity index (χ2n) is 7.68. The molecule has 0 saturated carbocycles. The Morgan fingerprint density at radius 2 is 1.97 bits per heavy atom. The summed E-state index contributed by atoms with van der Waals surface area (Å²) in [7, 11) is 1.55. The van der Waals surface area contributed by atoms with E-state index in [0.717, 1.165) is 12.1 Å². The molecule has 0 aliphatic rings. The van der Waals surface area contributed by atoms with Crippen LogP contribution >= 0.6 is 0 Å². The SMILES string of the molecule is CCC(C)n1c(=O)c2[nH]c(-c3cnn(Cc4cccc(C(F)(F)F)c4)c3)nc2n(C)c1=O. The fourth-order valence-corrected chi connectivity index (χ4v) is 3.53. The van der Waals surface area contributed by atoms with Gasteiger partial charge in [-0.1, -0.05) is 19.1 Å². The normalized spacial score (nSPS) is 13.1. The zero-order valence-corrected chi connectivity index (χ0v) is 17.6. The molecule has 0 bridgehead atoms. The van der Waals surface area contributed by atoms with Gasteiger partial charge >= 0.3 is 11.9 Å². The number of H-pyrrole nitrogens is 1. The summed E-state index contributed by atoms with van der Waals surface area (Å²) >= 11 is 0. The topological polar surface area (TPSA) is 90.5 Å². The van der Waals surface area contributed by atoms with E-state index < -0.39 is 23.0 Å². The Hall–Kier alpha value is -3.63. The minimum absolute atomic E-state index is 0.128. The second-order valence-corrected chi connectivity index (χ2v) is 7.68. The maximum Gasteiger partial charge on any atom is 0.416 e. The summed E-state index contributed by atoms with van der Waals surface area (Å²) in [4.78, 5) is 32.9. The summed E-state index contributed by atoms with van der Waals surface area (Å²) in [6.45, 7) is 3.81. The molecular formula is C21H21F3N6O2. The molecule has 4 aromatic rings. The Morgan fingerprint density at radius 1 is 1.22 bits per heavy atom. The number of aromatic nitrogens is 6. The molecule has 32 heavy (non-hydrogen) atoms. The molecular weight excluding hydrogens is 425 g/mol. The van der Waals surface area contributed by atoms with E-state index in [1.165, 1.54) is 26.1 Å². The lowest BCUT2D eigenvalue weighted by molar-refractivity contribution is -0.137. The zero-order chi connectivity index (χ0) is 23.2. The highest BCUT2D eigenvalue weighted by Crippen LogP contribution is 2.29. The van der Waals surface area contributed by atoms with Gasteiger partial charge in [0.15, 0.2) is 5.65 Å². The molecule has 0 aliphatic heterocycles. The minimum Gasteiger partial charge on any atom is -0.332 e. The number of nitrogens with zero attached hydrogens (tertiary/aromatic N) is 5. The van der Waals surface area contributed by atoms with Gasteiger partial charge in [-0.15, -0.1) is 0 Å². The van der Waals surface area contributed by atoms with Crippen molar-refractivity contribution >= 4 is 11.2 Å². The van der Waals surface area contributed by atoms with Crippen LogP contribution in [0.15, 0.2) is 46.2 Å². The van der Waals surface area contributed by atoms with Crippen molar-refractivity contribution < 1.29 is 13.2 Å². The van der Waals surface area contributed by atoms with Crippen LogP contribution in [0.3, 0.4) is 0 Å². The van der Waals surface area contributed by atoms with E-state index in [9.17, 15) is 22.8 Å². The van der Waals surface area contributed by atoms with Crippen LogP contribution in [0.4, 0.5) is 13.2 Å². The number of alkyl halides is 3. The Labute approximate surface area is 179 Å². The van der Waals surface area contributed by atoms with Crippen LogP contribution in [0.5, 0.6) is 0 Å². The fourth-order valence-electron chi connectivity index (χ4n) is 3.53. The van der Waals surface area contributed by atoms with Crippen LogP contribution in [0.25, 0.3) is 22.6 Å². The van der Waals surface area contributed by atoms with Gasteiger partial charge in [0.05, 0.1) is 23.9 Å². The lowest BCUT2D eigenvalue weighted by Gasteiger charge is -2.13. The molecule has 4 rings (SSSR count). The molecule has 1 aromatic carbocycles. The van der Waals surface area contributed by atoms with Gasteiger partial charge in [0, 0.05) is 19.3 Å². The number of hydrogen-bond acceptors (Lipinski definition) is 4. The highest BCUT2D eigenvalue weighted by molar-refractivity contribution is 5.75. The van der Waals surface area contributed by atoms with Crippen molar-refractivity contribution in [2.75, 3.05) is 0 Å². The summed E-state index contributed by atoms with van der Waals surface area (Å²) in [6, 6.07) is 4.77. The van der Waals surface area contributed by atoms with Crippen LogP contribution in [0.2, 0.25) is 0 Å². The van der Waals surface area contributed by atoms with E-state index in [0.29, 0.717) is 23.4 Å². The van der Waals surface area contributed by atoms with Gasteiger partial charge in [0.2, 0.25) is 0 Å². The summed E-state index contributed by atoms with van der Waals surface area (Å²) in [5, 5.41) is 4.19. The summed E-state index contributed by atoms with van der Waals surface area (Å²) in [6.07, 6.45) is -0.693. The molecule has 0 radical (unpaired) electrons. The lowest BCUT2D eigenvalue weighted by Crippen LogP contribution is -2.40. The van der Waals surface area contributed by atoms with E-state index in [1.807, 2.05) is 6.92 Å². The predicted octanol–water partition coefficient (Wildman–Crippen LogP) is 3.32. The summed E-state index contributed by atoms with van der Waals surface area (Å²) in [5.74, 6) is 0.337. The lowest BCUT2D eigenvalue weighted by atomic mass is 10.1. The fraction of sp³-hybridized carbons (Fsp3) is 0.333. The third-order valence-electron chi connectivity index (χ3n) is 5.47. The van der Waals surface area contributed by atoms with Gasteiger partial charge in [-0.2, -0.15) is 18.3 Å². The third kappa shape index (κ3) is 3.74. The minimum atomic E-state index is -4.42. The number of halogens is 3. The van der Waals surface area contributed by atoms with Gasteiger partial charge in [0.1, 0.15) is 11.3 Å². The summed E-state index contributed by atoms with van der Waals surface area (Å²) < 4.78 is 42.8. The first-order valence-corrected chi connectivity index (χ1v) is 10.00. The van der Waals surface area contributed by atoms with Crippen molar-refractivity contribution in [2.24, 2.45) is 7.05 Å². The maximum atomic E-state index is 12.9. The number of aryl methyl sites for hydroxylation is 1. The Balaban J connectivity index is 1.70. The molecule has 3 heterocycles. The average Bonchev–Trinajstić information content (AvgIpc) is 3.39. The molecule has 0 amide bonds. The average molecular weight is 446 g/mol. The number of nitrogens with one attached hydrogen (secondary N) is 1.